The number of rotatable bonds is 3. The van der Waals surface area contributed by atoms with Crippen molar-refractivity contribution in [3.05, 3.63) is 0 Å². The van der Waals surface area contributed by atoms with Crippen LogP contribution in [0.4, 0.5) is 0 Å². The Bertz CT molecular complexity index is 93.3. The molecule has 0 aliphatic carbocycles. The zero-order chi connectivity index (χ0) is 7.40. The highest BCUT2D eigenvalue weighted by Crippen LogP contribution is 2.10. The van der Waals surface area contributed by atoms with E-state index in [1.807, 2.05) is 0 Å². The second kappa shape index (κ2) is 3.94. The molecule has 0 saturated carbocycles. The average Bonchev–Trinajstić information content (AvgIpc) is 2.31. The zero-order valence-electron chi connectivity index (χ0n) is 6.77. The van der Waals surface area contributed by atoms with Crippen molar-refractivity contribution < 1.29 is 0 Å². The first kappa shape index (κ1) is 8.02. The molecule has 3 N–H and O–H groups in total. The molecular formula is C8H18N2. The highest BCUT2D eigenvalue weighted by atomic mass is 15.0. The summed E-state index contributed by atoms with van der Waals surface area (Å²) in [5.74, 6) is 0. The average molecular weight is 142 g/mol. The molecule has 0 bridgehead atoms. The predicted octanol–water partition coefficient (Wildman–Crippen LogP) is 0.866. The Morgan fingerprint density at radius 1 is 1.60 bits per heavy atom. The molecule has 1 saturated heterocycles. The first-order chi connectivity index (χ1) is 4.83. The minimum absolute atomic E-state index is 0.418. The van der Waals surface area contributed by atoms with Gasteiger partial charge >= 0.3 is 0 Å². The Labute approximate surface area is 63.2 Å². The largest absolute Gasteiger partial charge is 0.326 e. The van der Waals surface area contributed by atoms with Crippen LogP contribution >= 0.6 is 0 Å². The van der Waals surface area contributed by atoms with Crippen LogP contribution in [0.5, 0.6) is 0 Å². The topological polar surface area (TPSA) is 38.0 Å². The number of nitrogens with two attached hydrogens (primary N) is 1. The fourth-order valence-corrected chi connectivity index (χ4v) is 1.52. The summed E-state index contributed by atoms with van der Waals surface area (Å²) in [6.07, 6.45) is 5.13. The van der Waals surface area contributed by atoms with Crippen LogP contribution in [0, 0.1) is 0 Å². The summed E-state index contributed by atoms with van der Waals surface area (Å²) in [6, 6.07) is 1.14. The van der Waals surface area contributed by atoms with Crippen molar-refractivity contribution in [3.63, 3.8) is 0 Å². The molecule has 2 atom stereocenters. The molecule has 2 unspecified atom stereocenters. The van der Waals surface area contributed by atoms with E-state index in [0.29, 0.717) is 6.04 Å². The number of unbranched alkanes of at least 4 members (excludes halogenated alkanes) is 1. The smallest absolute Gasteiger partial charge is 0.0180 e. The van der Waals surface area contributed by atoms with Crippen molar-refractivity contribution >= 4 is 0 Å². The monoisotopic (exact) mass is 142 g/mol. The molecule has 2 nitrogen and oxygen atoms in total. The summed E-state index contributed by atoms with van der Waals surface area (Å²) >= 11 is 0. The van der Waals surface area contributed by atoms with Crippen LogP contribution in [-0.2, 0) is 0 Å². The zero-order valence-corrected chi connectivity index (χ0v) is 6.77. The maximum atomic E-state index is 5.73. The van der Waals surface area contributed by atoms with E-state index in [4.69, 9.17) is 5.73 Å². The van der Waals surface area contributed by atoms with Crippen LogP contribution in [-0.4, -0.2) is 18.6 Å². The van der Waals surface area contributed by atoms with E-state index in [1.54, 1.807) is 0 Å². The van der Waals surface area contributed by atoms with Crippen molar-refractivity contribution in [1.29, 1.82) is 0 Å². The van der Waals surface area contributed by atoms with Crippen LogP contribution in [0.1, 0.15) is 32.6 Å². The van der Waals surface area contributed by atoms with Gasteiger partial charge in [0.1, 0.15) is 0 Å². The van der Waals surface area contributed by atoms with Gasteiger partial charge in [0.2, 0.25) is 0 Å². The van der Waals surface area contributed by atoms with E-state index in [-0.39, 0.29) is 0 Å². The highest BCUT2D eigenvalue weighted by Gasteiger charge is 2.19. The van der Waals surface area contributed by atoms with Gasteiger partial charge in [0, 0.05) is 18.6 Å². The van der Waals surface area contributed by atoms with Crippen LogP contribution < -0.4 is 11.1 Å². The maximum Gasteiger partial charge on any atom is 0.0180 e. The van der Waals surface area contributed by atoms with Gasteiger partial charge in [-0.3, -0.25) is 0 Å². The Morgan fingerprint density at radius 2 is 2.40 bits per heavy atom. The molecule has 1 fully saturated rings. The quantitative estimate of drug-likeness (QED) is 0.613. The summed E-state index contributed by atoms with van der Waals surface area (Å²) < 4.78 is 0. The lowest BCUT2D eigenvalue weighted by Crippen LogP contribution is -2.23. The van der Waals surface area contributed by atoms with E-state index < -0.39 is 0 Å². The fraction of sp³-hybridized carbons (Fsp3) is 1.00. The minimum atomic E-state index is 0.418. The molecule has 0 aromatic heterocycles. The third-order valence-electron chi connectivity index (χ3n) is 2.16. The van der Waals surface area contributed by atoms with Gasteiger partial charge in [-0.1, -0.05) is 19.8 Å². The molecule has 1 heterocycles. The summed E-state index contributed by atoms with van der Waals surface area (Å²) in [6.45, 7) is 3.25. The van der Waals surface area contributed by atoms with E-state index in [2.05, 4.69) is 12.2 Å². The number of nitrogens with one attached hydrogen (secondary N) is 1. The van der Waals surface area contributed by atoms with Gasteiger partial charge in [0.05, 0.1) is 0 Å². The van der Waals surface area contributed by atoms with Crippen LogP contribution in [0.3, 0.4) is 0 Å². The Kier molecular flexibility index (Phi) is 3.16. The number of hydrogen-bond acceptors (Lipinski definition) is 2. The summed E-state index contributed by atoms with van der Waals surface area (Å²) in [5, 5.41) is 3.42. The summed E-state index contributed by atoms with van der Waals surface area (Å²) in [4.78, 5) is 0. The second-order valence-electron chi connectivity index (χ2n) is 3.24. The normalized spacial score (nSPS) is 33.0. The molecule has 1 rings (SSSR count). The summed E-state index contributed by atoms with van der Waals surface area (Å²) in [5.41, 5.74) is 5.73. The van der Waals surface area contributed by atoms with E-state index in [0.717, 1.165) is 12.6 Å². The van der Waals surface area contributed by atoms with Crippen molar-refractivity contribution in [3.8, 4) is 0 Å². The molecule has 0 aromatic rings. The van der Waals surface area contributed by atoms with Crippen LogP contribution in [0.2, 0.25) is 0 Å². The molecular weight excluding hydrogens is 124 g/mol. The molecule has 2 heteroatoms. The highest BCUT2D eigenvalue weighted by molar-refractivity contribution is 4.83. The molecule has 0 radical (unpaired) electrons. The molecule has 60 valence electrons. The molecule has 1 aliphatic rings. The number of hydrogen-bond donors (Lipinski definition) is 2. The first-order valence-corrected chi connectivity index (χ1v) is 4.32. The molecule has 0 aromatic carbocycles. The molecule has 0 spiro atoms. The lowest BCUT2D eigenvalue weighted by Gasteiger charge is -2.07. The third-order valence-corrected chi connectivity index (χ3v) is 2.16. The fourth-order valence-electron chi connectivity index (χ4n) is 1.52. The lowest BCUT2D eigenvalue weighted by molar-refractivity contribution is 0.527. The van der Waals surface area contributed by atoms with Gasteiger partial charge in [0.15, 0.2) is 0 Å². The third kappa shape index (κ3) is 2.27. The van der Waals surface area contributed by atoms with E-state index in [1.165, 1.54) is 25.7 Å². The van der Waals surface area contributed by atoms with Gasteiger partial charge < -0.3 is 11.1 Å². The van der Waals surface area contributed by atoms with Crippen LogP contribution in [0.25, 0.3) is 0 Å². The van der Waals surface area contributed by atoms with E-state index in [9.17, 15) is 0 Å². The molecule has 10 heavy (non-hydrogen) atoms. The van der Waals surface area contributed by atoms with Crippen LogP contribution in [0.15, 0.2) is 0 Å². The lowest BCUT2D eigenvalue weighted by atomic mass is 10.1. The van der Waals surface area contributed by atoms with Gasteiger partial charge in [0.25, 0.3) is 0 Å². The van der Waals surface area contributed by atoms with Crippen molar-refractivity contribution in [2.45, 2.75) is 44.7 Å². The van der Waals surface area contributed by atoms with Crippen molar-refractivity contribution in [2.75, 3.05) is 6.54 Å². The van der Waals surface area contributed by atoms with Gasteiger partial charge in [-0.05, 0) is 12.8 Å². The van der Waals surface area contributed by atoms with Crippen molar-refractivity contribution in [1.82, 2.24) is 5.32 Å². The minimum Gasteiger partial charge on any atom is -0.326 e. The van der Waals surface area contributed by atoms with Gasteiger partial charge in [-0.25, -0.2) is 0 Å². The van der Waals surface area contributed by atoms with Crippen molar-refractivity contribution in [2.24, 2.45) is 5.73 Å². The van der Waals surface area contributed by atoms with Gasteiger partial charge in [-0.2, -0.15) is 0 Å². The Morgan fingerprint density at radius 3 is 2.90 bits per heavy atom. The maximum absolute atomic E-state index is 5.73. The SMILES string of the molecule is CCCCC1CC(N)CN1. The first-order valence-electron chi connectivity index (χ1n) is 4.32. The Hall–Kier alpha value is -0.0800. The van der Waals surface area contributed by atoms with Gasteiger partial charge in [-0.15, -0.1) is 0 Å². The predicted molar refractivity (Wildman–Crippen MR) is 43.9 cm³/mol. The standard InChI is InChI=1S/C8H18N2/c1-2-3-4-8-5-7(9)6-10-8/h7-8,10H,2-6,9H2,1H3. The Balaban J connectivity index is 2.06. The second-order valence-corrected chi connectivity index (χ2v) is 3.24. The summed E-state index contributed by atoms with van der Waals surface area (Å²) in [7, 11) is 0. The molecule has 1 aliphatic heterocycles. The van der Waals surface area contributed by atoms with E-state index >= 15 is 0 Å². The molecule has 0 amide bonds.